The topological polar surface area (TPSA) is 58.8 Å². The van der Waals surface area contributed by atoms with Crippen molar-refractivity contribution in [2.45, 2.75) is 0 Å². The average molecular weight is 324 g/mol. The maximum Gasteiger partial charge on any atom is 0.175 e. The number of para-hydroxylation sites is 1. The molecule has 1 fully saturated rings. The second kappa shape index (κ2) is 6.84. The number of nitrogens with zero attached hydrogens (tertiary/aromatic N) is 6. The molecule has 24 heavy (non-hydrogen) atoms. The quantitative estimate of drug-likeness (QED) is 0.706. The Balaban J connectivity index is 1.30. The molecule has 4 rings (SSSR count). The van der Waals surface area contributed by atoms with Gasteiger partial charge in [0.1, 0.15) is 18.7 Å². The Morgan fingerprint density at radius 3 is 2.67 bits per heavy atom. The summed E-state index contributed by atoms with van der Waals surface area (Å²) in [6.07, 6.45) is 5.15. The van der Waals surface area contributed by atoms with Gasteiger partial charge in [-0.05, 0) is 12.1 Å². The van der Waals surface area contributed by atoms with Gasteiger partial charge in [-0.3, -0.25) is 9.88 Å². The van der Waals surface area contributed by atoms with E-state index in [1.165, 1.54) is 0 Å². The number of hydrogen-bond donors (Lipinski definition) is 0. The monoisotopic (exact) mass is 324 g/mol. The van der Waals surface area contributed by atoms with E-state index >= 15 is 0 Å². The van der Waals surface area contributed by atoms with Crippen LogP contribution >= 0.6 is 0 Å². The van der Waals surface area contributed by atoms with Crippen molar-refractivity contribution in [1.29, 1.82) is 0 Å². The number of ether oxygens (including phenoxy) is 1. The molecule has 1 aromatic carbocycles. The molecule has 1 saturated heterocycles. The highest BCUT2D eigenvalue weighted by Crippen LogP contribution is 2.16. The summed E-state index contributed by atoms with van der Waals surface area (Å²) in [5.74, 6) is 1.94. The molecule has 1 aliphatic rings. The van der Waals surface area contributed by atoms with Crippen molar-refractivity contribution >= 4 is 11.5 Å². The van der Waals surface area contributed by atoms with Gasteiger partial charge in [0.05, 0.1) is 12.4 Å². The summed E-state index contributed by atoms with van der Waals surface area (Å²) in [6, 6.07) is 9.96. The van der Waals surface area contributed by atoms with Gasteiger partial charge in [-0.2, -0.15) is 9.61 Å². The van der Waals surface area contributed by atoms with E-state index in [2.05, 4.69) is 24.9 Å². The Kier molecular flexibility index (Phi) is 4.24. The second-order valence-corrected chi connectivity index (χ2v) is 5.79. The second-order valence-electron chi connectivity index (χ2n) is 5.79. The standard InChI is InChI=1S/C17H20N6O/c1-2-4-15(5-3-1)24-11-10-21-6-8-22(9-7-21)17-13-18-12-16-19-14-20-23(16)17/h1-5,12-14H,6-11H2. The molecule has 0 atom stereocenters. The predicted molar refractivity (Wildman–Crippen MR) is 91.4 cm³/mol. The van der Waals surface area contributed by atoms with Gasteiger partial charge in [-0.1, -0.05) is 18.2 Å². The molecule has 7 heteroatoms. The van der Waals surface area contributed by atoms with E-state index in [4.69, 9.17) is 4.74 Å². The van der Waals surface area contributed by atoms with E-state index in [1.807, 2.05) is 41.0 Å². The lowest BCUT2D eigenvalue weighted by Crippen LogP contribution is -2.48. The maximum atomic E-state index is 5.78. The molecule has 3 aromatic rings. The lowest BCUT2D eigenvalue weighted by Gasteiger charge is -2.35. The van der Waals surface area contributed by atoms with Gasteiger partial charge in [0.2, 0.25) is 0 Å². The van der Waals surface area contributed by atoms with Gasteiger partial charge in [-0.25, -0.2) is 4.98 Å². The van der Waals surface area contributed by atoms with Crippen molar-refractivity contribution in [3.05, 3.63) is 49.1 Å². The summed E-state index contributed by atoms with van der Waals surface area (Å²) in [5, 5.41) is 4.29. The molecule has 7 nitrogen and oxygen atoms in total. The first-order valence-electron chi connectivity index (χ1n) is 8.19. The molecule has 2 aromatic heterocycles. The highest BCUT2D eigenvalue weighted by atomic mass is 16.5. The molecule has 0 N–H and O–H groups in total. The van der Waals surface area contributed by atoms with Crippen LogP contribution in [0.3, 0.4) is 0 Å². The molecule has 0 amide bonds. The van der Waals surface area contributed by atoms with Crippen molar-refractivity contribution in [3.8, 4) is 5.75 Å². The third-order valence-corrected chi connectivity index (χ3v) is 4.29. The van der Waals surface area contributed by atoms with Gasteiger partial charge in [0.15, 0.2) is 11.5 Å². The Morgan fingerprint density at radius 1 is 1.00 bits per heavy atom. The number of piperazine rings is 1. The van der Waals surface area contributed by atoms with Crippen LogP contribution in [0.15, 0.2) is 49.1 Å². The first kappa shape index (κ1) is 14.9. The van der Waals surface area contributed by atoms with Gasteiger partial charge >= 0.3 is 0 Å². The Morgan fingerprint density at radius 2 is 1.83 bits per heavy atom. The predicted octanol–water partition coefficient (Wildman–Crippen LogP) is 1.33. The molecule has 1 aliphatic heterocycles. The van der Waals surface area contributed by atoms with Crippen LogP contribution in [-0.4, -0.2) is 63.8 Å². The van der Waals surface area contributed by atoms with Gasteiger partial charge in [0.25, 0.3) is 0 Å². The van der Waals surface area contributed by atoms with Gasteiger partial charge in [0, 0.05) is 32.7 Å². The van der Waals surface area contributed by atoms with E-state index in [0.29, 0.717) is 6.61 Å². The van der Waals surface area contributed by atoms with E-state index in [1.54, 1.807) is 12.5 Å². The van der Waals surface area contributed by atoms with Crippen molar-refractivity contribution in [2.75, 3.05) is 44.2 Å². The minimum absolute atomic E-state index is 0.713. The smallest absolute Gasteiger partial charge is 0.175 e. The van der Waals surface area contributed by atoms with Crippen molar-refractivity contribution in [2.24, 2.45) is 0 Å². The van der Waals surface area contributed by atoms with Crippen LogP contribution in [-0.2, 0) is 0 Å². The molecule has 124 valence electrons. The molecule has 0 spiro atoms. The Bertz CT molecular complexity index is 782. The maximum absolute atomic E-state index is 5.78. The van der Waals surface area contributed by atoms with Crippen LogP contribution in [0.5, 0.6) is 5.75 Å². The number of aromatic nitrogens is 4. The SMILES string of the molecule is c1ccc(OCCN2CCN(c3cncc4ncnn34)CC2)cc1. The Labute approximate surface area is 140 Å². The van der Waals surface area contributed by atoms with Crippen LogP contribution in [0.4, 0.5) is 5.82 Å². The largest absolute Gasteiger partial charge is 0.492 e. The molecule has 0 aliphatic carbocycles. The van der Waals surface area contributed by atoms with Gasteiger partial charge in [-0.15, -0.1) is 0 Å². The van der Waals surface area contributed by atoms with E-state index < -0.39 is 0 Å². The summed E-state index contributed by atoms with van der Waals surface area (Å²) in [4.78, 5) is 13.2. The van der Waals surface area contributed by atoms with Crippen LogP contribution < -0.4 is 9.64 Å². The van der Waals surface area contributed by atoms with Crippen molar-refractivity contribution < 1.29 is 4.74 Å². The number of rotatable bonds is 5. The van der Waals surface area contributed by atoms with Crippen LogP contribution in [0.1, 0.15) is 0 Å². The van der Waals surface area contributed by atoms with Crippen LogP contribution in [0, 0.1) is 0 Å². The fourth-order valence-electron chi connectivity index (χ4n) is 2.97. The first-order chi connectivity index (χ1) is 11.9. The number of hydrogen-bond acceptors (Lipinski definition) is 6. The minimum Gasteiger partial charge on any atom is -0.492 e. The first-order valence-corrected chi connectivity index (χ1v) is 8.19. The molecule has 0 radical (unpaired) electrons. The number of anilines is 1. The fourth-order valence-corrected chi connectivity index (χ4v) is 2.97. The lowest BCUT2D eigenvalue weighted by atomic mass is 10.3. The Hall–Kier alpha value is -2.67. The minimum atomic E-state index is 0.713. The molecular weight excluding hydrogens is 304 g/mol. The third kappa shape index (κ3) is 3.16. The normalized spacial score (nSPS) is 15.8. The summed E-state index contributed by atoms with van der Waals surface area (Å²) in [5.41, 5.74) is 0.784. The number of fused-ring (bicyclic) bond motifs is 1. The summed E-state index contributed by atoms with van der Waals surface area (Å²) in [7, 11) is 0. The molecular formula is C17H20N6O. The molecule has 0 bridgehead atoms. The molecule has 3 heterocycles. The molecule has 0 saturated carbocycles. The zero-order valence-corrected chi connectivity index (χ0v) is 13.5. The van der Waals surface area contributed by atoms with E-state index in [-0.39, 0.29) is 0 Å². The highest BCUT2D eigenvalue weighted by Gasteiger charge is 2.19. The third-order valence-electron chi connectivity index (χ3n) is 4.29. The van der Waals surface area contributed by atoms with E-state index in [9.17, 15) is 0 Å². The van der Waals surface area contributed by atoms with Crippen molar-refractivity contribution in [1.82, 2.24) is 24.5 Å². The zero-order chi connectivity index (χ0) is 16.2. The number of benzene rings is 1. The fraction of sp³-hybridized carbons (Fsp3) is 0.353. The average Bonchev–Trinajstić information content (AvgIpc) is 3.12. The molecule has 0 unspecified atom stereocenters. The van der Waals surface area contributed by atoms with E-state index in [0.717, 1.165) is 49.9 Å². The van der Waals surface area contributed by atoms with Crippen molar-refractivity contribution in [3.63, 3.8) is 0 Å². The summed E-state index contributed by atoms with van der Waals surface area (Å²) in [6.45, 7) is 5.56. The highest BCUT2D eigenvalue weighted by molar-refractivity contribution is 5.46. The van der Waals surface area contributed by atoms with Gasteiger partial charge < -0.3 is 9.64 Å². The summed E-state index contributed by atoms with van der Waals surface area (Å²) < 4.78 is 7.63. The zero-order valence-electron chi connectivity index (χ0n) is 13.5. The van der Waals surface area contributed by atoms with Crippen LogP contribution in [0.25, 0.3) is 5.65 Å². The summed E-state index contributed by atoms with van der Waals surface area (Å²) >= 11 is 0. The van der Waals surface area contributed by atoms with Crippen LogP contribution in [0.2, 0.25) is 0 Å². The lowest BCUT2D eigenvalue weighted by molar-refractivity contribution is 0.200.